The van der Waals surface area contributed by atoms with E-state index in [1.54, 1.807) is 19.0 Å². The predicted octanol–water partition coefficient (Wildman–Crippen LogP) is 1.67. The molecule has 0 aliphatic rings. The first-order valence-corrected chi connectivity index (χ1v) is 4.39. The van der Waals surface area contributed by atoms with E-state index < -0.39 is 0 Å². The van der Waals surface area contributed by atoms with Crippen LogP contribution >= 0.6 is 0 Å². The normalized spacial score (nSPS) is 10.4. The first-order valence-electron chi connectivity index (χ1n) is 4.39. The minimum Gasteiger partial charge on any atom is -0.351 e. The molecule has 0 saturated carbocycles. The van der Waals surface area contributed by atoms with Gasteiger partial charge in [0.2, 0.25) is 0 Å². The van der Waals surface area contributed by atoms with Crippen LogP contribution in [0.25, 0.3) is 10.9 Å². The van der Waals surface area contributed by atoms with Gasteiger partial charge in [-0.15, -0.1) is 0 Å². The number of aromatic nitrogens is 1. The fraction of sp³-hybridized carbons (Fsp3) is 0.182. The van der Waals surface area contributed by atoms with Crippen molar-refractivity contribution in [2.24, 2.45) is 0 Å². The van der Waals surface area contributed by atoms with Crippen LogP contribution in [0.1, 0.15) is 10.5 Å². The van der Waals surface area contributed by atoms with Crippen molar-refractivity contribution in [3.8, 4) is 0 Å². The van der Waals surface area contributed by atoms with Crippen molar-refractivity contribution in [3.63, 3.8) is 0 Å². The summed E-state index contributed by atoms with van der Waals surface area (Å²) in [6.07, 6.45) is 0. The van der Waals surface area contributed by atoms with Gasteiger partial charge in [-0.2, -0.15) is 0 Å². The summed E-state index contributed by atoms with van der Waals surface area (Å²) in [5, 5.41) is 1.04. The molecular formula is C11H11N2O. The highest BCUT2D eigenvalue weighted by atomic mass is 16.2. The van der Waals surface area contributed by atoms with Gasteiger partial charge >= 0.3 is 0 Å². The lowest BCUT2D eigenvalue weighted by Crippen LogP contribution is -2.21. The Kier molecular flexibility index (Phi) is 2.00. The maximum Gasteiger partial charge on any atom is 0.269 e. The standard InChI is InChI=1S/C11H11N2O/c1-13(2)11(14)10-7-8-5-3-4-6-9(8)12-10/h3,5-7,12H,1-2H3. The van der Waals surface area contributed by atoms with E-state index in [9.17, 15) is 4.79 Å². The van der Waals surface area contributed by atoms with Crippen molar-refractivity contribution < 1.29 is 4.79 Å². The molecular weight excluding hydrogens is 176 g/mol. The molecule has 1 aromatic heterocycles. The maximum atomic E-state index is 11.6. The zero-order valence-corrected chi connectivity index (χ0v) is 8.16. The number of rotatable bonds is 1. The molecule has 1 aromatic carbocycles. The third-order valence-electron chi connectivity index (χ3n) is 2.10. The first-order chi connectivity index (χ1) is 6.68. The van der Waals surface area contributed by atoms with Crippen molar-refractivity contribution >= 4 is 16.8 Å². The van der Waals surface area contributed by atoms with Gasteiger partial charge in [-0.3, -0.25) is 4.79 Å². The Labute approximate surface area is 82.3 Å². The summed E-state index contributed by atoms with van der Waals surface area (Å²) in [7, 11) is 3.47. The number of nitrogens with zero attached hydrogens (tertiary/aromatic N) is 1. The summed E-state index contributed by atoms with van der Waals surface area (Å²) in [5.41, 5.74) is 1.56. The smallest absolute Gasteiger partial charge is 0.269 e. The second kappa shape index (κ2) is 3.18. The van der Waals surface area contributed by atoms with E-state index in [0.717, 1.165) is 10.9 Å². The van der Waals surface area contributed by atoms with Crippen LogP contribution in [0.3, 0.4) is 0 Å². The van der Waals surface area contributed by atoms with E-state index in [1.165, 1.54) is 0 Å². The summed E-state index contributed by atoms with van der Waals surface area (Å²) >= 11 is 0. The molecule has 1 radical (unpaired) electrons. The molecule has 2 rings (SSSR count). The molecule has 0 saturated heterocycles. The van der Waals surface area contributed by atoms with Gasteiger partial charge in [0.05, 0.1) is 0 Å². The zero-order valence-electron chi connectivity index (χ0n) is 8.16. The summed E-state index contributed by atoms with van der Waals surface area (Å²) in [6, 6.07) is 10.4. The highest BCUT2D eigenvalue weighted by Gasteiger charge is 2.10. The van der Waals surface area contributed by atoms with Gasteiger partial charge in [-0.05, 0) is 18.2 Å². The largest absolute Gasteiger partial charge is 0.351 e. The molecule has 0 atom stereocenters. The van der Waals surface area contributed by atoms with Crippen LogP contribution in [0.15, 0.2) is 24.3 Å². The monoisotopic (exact) mass is 187 g/mol. The second-order valence-corrected chi connectivity index (χ2v) is 3.40. The van der Waals surface area contributed by atoms with Crippen molar-refractivity contribution in [1.82, 2.24) is 9.88 Å². The third-order valence-corrected chi connectivity index (χ3v) is 2.10. The lowest BCUT2D eigenvalue weighted by molar-refractivity contribution is 0.0823. The molecule has 0 fully saturated rings. The van der Waals surface area contributed by atoms with E-state index >= 15 is 0 Å². The second-order valence-electron chi connectivity index (χ2n) is 3.40. The van der Waals surface area contributed by atoms with Gasteiger partial charge < -0.3 is 9.88 Å². The van der Waals surface area contributed by atoms with Crippen molar-refractivity contribution in [2.75, 3.05) is 14.1 Å². The van der Waals surface area contributed by atoms with E-state index in [1.807, 2.05) is 24.3 Å². The van der Waals surface area contributed by atoms with Gasteiger partial charge in [0.1, 0.15) is 5.69 Å². The van der Waals surface area contributed by atoms with Gasteiger partial charge in [0.25, 0.3) is 5.91 Å². The van der Waals surface area contributed by atoms with Gasteiger partial charge in [-0.1, -0.05) is 12.1 Å². The van der Waals surface area contributed by atoms with E-state index in [2.05, 4.69) is 11.1 Å². The van der Waals surface area contributed by atoms with Crippen LogP contribution < -0.4 is 0 Å². The van der Waals surface area contributed by atoms with Crippen molar-refractivity contribution in [1.29, 1.82) is 0 Å². The molecule has 0 aliphatic heterocycles. The Bertz CT molecular complexity index is 438. The number of hydrogen-bond acceptors (Lipinski definition) is 1. The number of benzene rings is 1. The average Bonchev–Trinajstić information content (AvgIpc) is 2.59. The van der Waals surface area contributed by atoms with Gasteiger partial charge in [0.15, 0.2) is 0 Å². The molecule has 14 heavy (non-hydrogen) atoms. The molecule has 3 nitrogen and oxygen atoms in total. The van der Waals surface area contributed by atoms with Crippen LogP contribution in [0.5, 0.6) is 0 Å². The van der Waals surface area contributed by atoms with Crippen LogP contribution in [-0.2, 0) is 0 Å². The lowest BCUT2D eigenvalue weighted by atomic mass is 10.2. The van der Waals surface area contributed by atoms with Crippen molar-refractivity contribution in [3.05, 3.63) is 36.0 Å². The Hall–Kier alpha value is -1.77. The molecule has 3 heteroatoms. The quantitative estimate of drug-likeness (QED) is 0.724. The highest BCUT2D eigenvalue weighted by Crippen LogP contribution is 2.14. The van der Waals surface area contributed by atoms with E-state index in [0.29, 0.717) is 5.69 Å². The Morgan fingerprint density at radius 1 is 1.50 bits per heavy atom. The molecule has 0 bridgehead atoms. The fourth-order valence-electron chi connectivity index (χ4n) is 1.37. The van der Waals surface area contributed by atoms with Crippen molar-refractivity contribution in [2.45, 2.75) is 0 Å². The van der Waals surface area contributed by atoms with E-state index in [4.69, 9.17) is 0 Å². The lowest BCUT2D eigenvalue weighted by Gasteiger charge is -2.07. The Morgan fingerprint density at radius 2 is 2.29 bits per heavy atom. The summed E-state index contributed by atoms with van der Waals surface area (Å²) < 4.78 is 0. The number of carbonyl (C=O) groups excluding carboxylic acids is 1. The SMILES string of the molecule is CN(C)C(=O)c1cc2cc[c]cc2[nH]1. The number of H-pyrrole nitrogens is 1. The fourth-order valence-corrected chi connectivity index (χ4v) is 1.37. The molecule has 1 heterocycles. The average molecular weight is 187 g/mol. The highest BCUT2D eigenvalue weighted by molar-refractivity contribution is 5.97. The van der Waals surface area contributed by atoms with E-state index in [-0.39, 0.29) is 5.91 Å². The molecule has 2 aromatic rings. The minimum atomic E-state index is -0.0128. The number of fused-ring (bicyclic) bond motifs is 1. The number of aromatic amines is 1. The summed E-state index contributed by atoms with van der Waals surface area (Å²) in [6.45, 7) is 0. The molecule has 71 valence electrons. The molecule has 0 unspecified atom stereocenters. The minimum absolute atomic E-state index is 0.0128. The maximum absolute atomic E-state index is 11.6. The zero-order chi connectivity index (χ0) is 10.1. The van der Waals surface area contributed by atoms with Gasteiger partial charge in [-0.25, -0.2) is 0 Å². The number of amides is 1. The third kappa shape index (κ3) is 1.37. The topological polar surface area (TPSA) is 36.1 Å². The molecule has 0 aliphatic carbocycles. The number of nitrogens with one attached hydrogen (secondary N) is 1. The van der Waals surface area contributed by atoms with Crippen LogP contribution in [0.4, 0.5) is 0 Å². The van der Waals surface area contributed by atoms with Crippen LogP contribution in [0, 0.1) is 6.07 Å². The van der Waals surface area contributed by atoms with Gasteiger partial charge in [0, 0.05) is 25.0 Å². The predicted molar refractivity (Wildman–Crippen MR) is 55.2 cm³/mol. The van der Waals surface area contributed by atoms with Crippen LogP contribution in [0.2, 0.25) is 0 Å². The summed E-state index contributed by atoms with van der Waals surface area (Å²) in [4.78, 5) is 16.2. The first kappa shape index (κ1) is 8.81. The number of hydrogen-bond donors (Lipinski definition) is 1. The Balaban J connectivity index is 2.50. The van der Waals surface area contributed by atoms with Crippen LogP contribution in [-0.4, -0.2) is 29.9 Å². The summed E-state index contributed by atoms with van der Waals surface area (Å²) in [5.74, 6) is -0.0128. The number of carbonyl (C=O) groups is 1. The Morgan fingerprint density at radius 3 is 2.93 bits per heavy atom. The molecule has 1 N–H and O–H groups in total. The molecule has 0 spiro atoms. The molecule has 1 amide bonds.